The highest BCUT2D eigenvalue weighted by molar-refractivity contribution is 9.10. The molecular formula is C7H5BrF3NO. The molecular weight excluding hydrogens is 251 g/mol. The van der Waals surface area contributed by atoms with Crippen LogP contribution in [0.4, 0.5) is 13.2 Å². The average Bonchev–Trinajstić information content (AvgIpc) is 2.09. The van der Waals surface area contributed by atoms with Gasteiger partial charge in [-0.25, -0.2) is 13.8 Å². The number of nitrogens with zero attached hydrogens (tertiary/aromatic N) is 1. The van der Waals surface area contributed by atoms with E-state index < -0.39 is 24.5 Å². The van der Waals surface area contributed by atoms with Crippen LogP contribution in [0.15, 0.2) is 10.5 Å². The molecule has 0 aliphatic heterocycles. The maximum absolute atomic E-state index is 12.8. The van der Waals surface area contributed by atoms with Gasteiger partial charge in [0.25, 0.3) is 6.43 Å². The molecule has 0 aromatic carbocycles. The Labute approximate surface area is 80.5 Å². The van der Waals surface area contributed by atoms with Gasteiger partial charge in [-0.1, -0.05) is 0 Å². The van der Waals surface area contributed by atoms with Crippen LogP contribution in [0, 0.1) is 5.95 Å². The molecule has 0 atom stereocenters. The molecule has 0 amide bonds. The first-order chi connectivity index (χ1) is 6.06. The fourth-order valence-electron chi connectivity index (χ4n) is 0.809. The molecule has 1 heterocycles. The number of pyridine rings is 1. The summed E-state index contributed by atoms with van der Waals surface area (Å²) in [6, 6.07) is 0.956. The molecule has 0 aliphatic rings. The molecule has 6 heteroatoms. The number of aromatic nitrogens is 1. The Hall–Kier alpha value is -0.620. The van der Waals surface area contributed by atoms with E-state index in [2.05, 4.69) is 20.9 Å². The van der Waals surface area contributed by atoms with Crippen molar-refractivity contribution >= 4 is 15.9 Å². The summed E-state index contributed by atoms with van der Waals surface area (Å²) in [5, 5.41) is 8.57. The minimum Gasteiger partial charge on any atom is -0.390 e. The summed E-state index contributed by atoms with van der Waals surface area (Å²) in [6.07, 6.45) is -2.79. The van der Waals surface area contributed by atoms with E-state index in [1.54, 1.807) is 0 Å². The van der Waals surface area contributed by atoms with E-state index in [0.717, 1.165) is 6.07 Å². The van der Waals surface area contributed by atoms with E-state index in [9.17, 15) is 13.2 Å². The Bertz CT molecular complexity index is 319. The van der Waals surface area contributed by atoms with Crippen molar-refractivity contribution in [1.29, 1.82) is 0 Å². The number of halogens is 4. The summed E-state index contributed by atoms with van der Waals surface area (Å²) in [4.78, 5) is 3.24. The van der Waals surface area contributed by atoms with E-state index in [-0.39, 0.29) is 10.2 Å². The summed E-state index contributed by atoms with van der Waals surface area (Å²) >= 11 is 2.64. The predicted molar refractivity (Wildman–Crippen MR) is 42.8 cm³/mol. The maximum atomic E-state index is 12.8. The molecule has 1 aromatic rings. The van der Waals surface area contributed by atoms with Crippen LogP contribution in [0.1, 0.15) is 17.7 Å². The van der Waals surface area contributed by atoms with E-state index in [0.29, 0.717) is 0 Å². The van der Waals surface area contributed by atoms with Gasteiger partial charge >= 0.3 is 0 Å². The third-order valence-corrected chi connectivity index (χ3v) is 2.18. The summed E-state index contributed by atoms with van der Waals surface area (Å²) in [5.74, 6) is -1.04. The highest BCUT2D eigenvalue weighted by atomic mass is 79.9. The van der Waals surface area contributed by atoms with Crippen LogP contribution in [0.3, 0.4) is 0 Å². The molecule has 13 heavy (non-hydrogen) atoms. The molecule has 1 N–H and O–H groups in total. The van der Waals surface area contributed by atoms with Gasteiger partial charge in [-0.15, -0.1) is 0 Å². The van der Waals surface area contributed by atoms with Crippen LogP contribution in [-0.2, 0) is 6.61 Å². The van der Waals surface area contributed by atoms with E-state index in [4.69, 9.17) is 5.11 Å². The van der Waals surface area contributed by atoms with Gasteiger partial charge in [0, 0.05) is 5.56 Å². The molecule has 1 rings (SSSR count). The lowest BCUT2D eigenvalue weighted by Crippen LogP contribution is -1.99. The minimum atomic E-state index is -2.79. The molecule has 0 aliphatic carbocycles. The standard InChI is InChI=1S/C7H5BrF3NO/c8-5-4(6(9)10)1-3(2-13)12-7(5)11/h1,6,13H,2H2. The molecule has 0 fully saturated rings. The topological polar surface area (TPSA) is 33.1 Å². The number of aliphatic hydroxyl groups excluding tert-OH is 1. The number of hydrogen-bond acceptors (Lipinski definition) is 2. The van der Waals surface area contributed by atoms with E-state index in [1.165, 1.54) is 0 Å². The van der Waals surface area contributed by atoms with Gasteiger partial charge in [-0.3, -0.25) is 0 Å². The summed E-state index contributed by atoms with van der Waals surface area (Å²) in [7, 11) is 0. The molecule has 0 bridgehead atoms. The smallest absolute Gasteiger partial charge is 0.265 e. The SMILES string of the molecule is OCc1cc(C(F)F)c(Br)c(F)n1. The zero-order valence-corrected chi connectivity index (χ0v) is 7.85. The average molecular weight is 256 g/mol. The maximum Gasteiger partial charge on any atom is 0.265 e. The first kappa shape index (κ1) is 10.5. The normalized spacial score (nSPS) is 10.9. The highest BCUT2D eigenvalue weighted by Gasteiger charge is 2.17. The third kappa shape index (κ3) is 2.19. The lowest BCUT2D eigenvalue weighted by molar-refractivity contribution is 0.149. The number of rotatable bonds is 2. The van der Waals surface area contributed by atoms with Gasteiger partial charge in [0.05, 0.1) is 16.8 Å². The van der Waals surface area contributed by atoms with Gasteiger partial charge in [-0.2, -0.15) is 4.39 Å². The lowest BCUT2D eigenvalue weighted by Gasteiger charge is -2.05. The quantitative estimate of drug-likeness (QED) is 0.824. The van der Waals surface area contributed by atoms with Gasteiger partial charge < -0.3 is 5.11 Å². The first-order valence-corrected chi connectivity index (χ1v) is 4.09. The van der Waals surface area contributed by atoms with E-state index >= 15 is 0 Å². The monoisotopic (exact) mass is 255 g/mol. The first-order valence-electron chi connectivity index (χ1n) is 3.30. The second kappa shape index (κ2) is 4.06. The lowest BCUT2D eigenvalue weighted by atomic mass is 10.2. The number of alkyl halides is 2. The second-order valence-corrected chi connectivity index (χ2v) is 3.06. The van der Waals surface area contributed by atoms with Gasteiger partial charge in [0.1, 0.15) is 0 Å². The fraction of sp³-hybridized carbons (Fsp3) is 0.286. The Morgan fingerprint density at radius 2 is 2.15 bits per heavy atom. The Balaban J connectivity index is 3.25. The van der Waals surface area contributed by atoms with Crippen molar-refractivity contribution in [2.75, 3.05) is 0 Å². The zero-order chi connectivity index (χ0) is 10.0. The van der Waals surface area contributed by atoms with Gasteiger partial charge in [-0.05, 0) is 22.0 Å². The molecule has 0 saturated heterocycles. The molecule has 0 unspecified atom stereocenters. The van der Waals surface area contributed by atoms with Crippen LogP contribution in [0.5, 0.6) is 0 Å². The molecule has 2 nitrogen and oxygen atoms in total. The Morgan fingerprint density at radius 3 is 2.62 bits per heavy atom. The van der Waals surface area contributed by atoms with Crippen molar-refractivity contribution in [3.63, 3.8) is 0 Å². The van der Waals surface area contributed by atoms with Crippen molar-refractivity contribution in [2.45, 2.75) is 13.0 Å². The van der Waals surface area contributed by atoms with Crippen molar-refractivity contribution in [2.24, 2.45) is 0 Å². The predicted octanol–water partition coefficient (Wildman–Crippen LogP) is 2.41. The molecule has 1 aromatic heterocycles. The van der Waals surface area contributed by atoms with Crippen LogP contribution in [-0.4, -0.2) is 10.1 Å². The zero-order valence-electron chi connectivity index (χ0n) is 6.27. The summed E-state index contributed by atoms with van der Waals surface area (Å²) < 4.78 is 36.9. The molecule has 0 spiro atoms. The second-order valence-electron chi connectivity index (χ2n) is 2.27. The fourth-order valence-corrected chi connectivity index (χ4v) is 1.19. The molecule has 0 radical (unpaired) electrons. The van der Waals surface area contributed by atoms with Crippen molar-refractivity contribution in [1.82, 2.24) is 4.98 Å². The van der Waals surface area contributed by atoms with Crippen LogP contribution < -0.4 is 0 Å². The highest BCUT2D eigenvalue weighted by Crippen LogP contribution is 2.29. The van der Waals surface area contributed by atoms with Crippen molar-refractivity contribution in [3.05, 3.63) is 27.7 Å². The molecule has 72 valence electrons. The number of aliphatic hydroxyl groups is 1. The molecule has 0 saturated carbocycles. The van der Waals surface area contributed by atoms with Gasteiger partial charge in [0.15, 0.2) is 0 Å². The summed E-state index contributed by atoms with van der Waals surface area (Å²) in [6.45, 7) is -0.566. The van der Waals surface area contributed by atoms with E-state index in [1.807, 2.05) is 0 Å². The van der Waals surface area contributed by atoms with Crippen molar-refractivity contribution < 1.29 is 18.3 Å². The Kier molecular flexibility index (Phi) is 3.27. The van der Waals surface area contributed by atoms with Crippen molar-refractivity contribution in [3.8, 4) is 0 Å². The number of hydrogen-bond donors (Lipinski definition) is 1. The third-order valence-electron chi connectivity index (χ3n) is 1.40. The Morgan fingerprint density at radius 1 is 1.54 bits per heavy atom. The van der Waals surface area contributed by atoms with Crippen LogP contribution >= 0.6 is 15.9 Å². The summed E-state index contributed by atoms with van der Waals surface area (Å²) in [5.41, 5.74) is -0.618. The largest absolute Gasteiger partial charge is 0.390 e. The van der Waals surface area contributed by atoms with Gasteiger partial charge in [0.2, 0.25) is 5.95 Å². The minimum absolute atomic E-state index is 0.115. The van der Waals surface area contributed by atoms with Crippen LogP contribution in [0.2, 0.25) is 0 Å². The van der Waals surface area contributed by atoms with Crippen LogP contribution in [0.25, 0.3) is 0 Å².